The highest BCUT2D eigenvalue weighted by Crippen LogP contribution is 2.39. The van der Waals surface area contributed by atoms with Crippen LogP contribution in [0.3, 0.4) is 0 Å². The van der Waals surface area contributed by atoms with Crippen LogP contribution in [-0.4, -0.2) is 45.5 Å². The van der Waals surface area contributed by atoms with E-state index in [1.165, 1.54) is 0 Å². The molecule has 0 unspecified atom stereocenters. The first-order valence-electron chi connectivity index (χ1n) is 10.8. The molecule has 0 bridgehead atoms. The van der Waals surface area contributed by atoms with Crippen LogP contribution in [0.1, 0.15) is 31.1 Å². The summed E-state index contributed by atoms with van der Waals surface area (Å²) in [6, 6.07) is 14.5. The number of anilines is 1. The number of ether oxygens (including phenoxy) is 3. The second-order valence-corrected chi connectivity index (χ2v) is 6.98. The number of hydrogen-bond donors (Lipinski definition) is 1. The van der Waals surface area contributed by atoms with Crippen molar-refractivity contribution in [1.29, 1.82) is 0 Å². The largest absolute Gasteiger partial charge is 0.490 e. The number of rotatable bonds is 9. The quantitative estimate of drug-likeness (QED) is 0.410. The second kappa shape index (κ2) is 9.99. The lowest BCUT2D eigenvalue weighted by Crippen LogP contribution is -2.13. The van der Waals surface area contributed by atoms with Gasteiger partial charge >= 0.3 is 0 Å². The Kier molecular flexibility index (Phi) is 6.68. The highest BCUT2D eigenvalue weighted by Gasteiger charge is 2.18. The fourth-order valence-corrected chi connectivity index (χ4v) is 3.33. The minimum absolute atomic E-state index is 0.281. The molecule has 0 radical (unpaired) electrons. The van der Waals surface area contributed by atoms with E-state index in [0.29, 0.717) is 54.0 Å². The van der Waals surface area contributed by atoms with Crippen LogP contribution in [0.5, 0.6) is 17.2 Å². The Hall–Kier alpha value is -4.14. The highest BCUT2D eigenvalue weighted by atomic mass is 16.5. The maximum absolute atomic E-state index is 13.0. The predicted octanol–water partition coefficient (Wildman–Crippen LogP) is 4.24. The zero-order chi connectivity index (χ0) is 23.2. The molecule has 0 saturated carbocycles. The van der Waals surface area contributed by atoms with Gasteiger partial charge in [-0.15, -0.1) is 10.2 Å². The molecule has 0 atom stereocenters. The normalized spacial score (nSPS) is 10.8. The van der Waals surface area contributed by atoms with E-state index < -0.39 is 0 Å². The lowest BCUT2D eigenvalue weighted by atomic mass is 10.1. The van der Waals surface area contributed by atoms with Gasteiger partial charge in [0.15, 0.2) is 17.1 Å². The number of carbonyl (C=O) groups excluding carboxylic acids is 1. The van der Waals surface area contributed by atoms with Crippen LogP contribution in [0.25, 0.3) is 16.9 Å². The molecule has 2 heterocycles. The molecule has 4 aromatic rings. The molecule has 1 amide bonds. The van der Waals surface area contributed by atoms with Crippen LogP contribution in [0.2, 0.25) is 0 Å². The SMILES string of the molecule is CCOc1cc(C(=O)Nc2ccc(-c3ccc4nncn4n3)cc2)cc(OCC)c1OCC. The van der Waals surface area contributed by atoms with Gasteiger partial charge in [0.1, 0.15) is 6.33 Å². The molecule has 170 valence electrons. The number of carbonyl (C=O) groups is 1. The monoisotopic (exact) mass is 447 g/mol. The van der Waals surface area contributed by atoms with Gasteiger partial charge < -0.3 is 19.5 Å². The fourth-order valence-electron chi connectivity index (χ4n) is 3.33. The van der Waals surface area contributed by atoms with E-state index in [-0.39, 0.29) is 5.91 Å². The first kappa shape index (κ1) is 22.1. The molecule has 2 aromatic carbocycles. The van der Waals surface area contributed by atoms with E-state index in [9.17, 15) is 4.79 Å². The summed E-state index contributed by atoms with van der Waals surface area (Å²) in [6.45, 7) is 6.97. The van der Waals surface area contributed by atoms with Gasteiger partial charge in [-0.2, -0.15) is 9.61 Å². The fraction of sp³-hybridized carbons (Fsp3) is 0.250. The number of hydrogen-bond acceptors (Lipinski definition) is 7. The van der Waals surface area contributed by atoms with Crippen molar-refractivity contribution in [2.75, 3.05) is 25.1 Å². The van der Waals surface area contributed by atoms with Gasteiger partial charge in [0.05, 0.1) is 25.5 Å². The molecule has 33 heavy (non-hydrogen) atoms. The Morgan fingerprint density at radius 1 is 0.909 bits per heavy atom. The van der Waals surface area contributed by atoms with E-state index in [1.807, 2.05) is 57.2 Å². The van der Waals surface area contributed by atoms with Crippen molar-refractivity contribution in [3.8, 4) is 28.5 Å². The van der Waals surface area contributed by atoms with Gasteiger partial charge in [0.2, 0.25) is 5.75 Å². The minimum Gasteiger partial charge on any atom is -0.490 e. The van der Waals surface area contributed by atoms with Crippen LogP contribution in [0.4, 0.5) is 5.69 Å². The minimum atomic E-state index is -0.281. The van der Waals surface area contributed by atoms with E-state index in [1.54, 1.807) is 23.0 Å². The van der Waals surface area contributed by atoms with E-state index in [4.69, 9.17) is 14.2 Å². The Morgan fingerprint density at radius 3 is 2.21 bits per heavy atom. The summed E-state index contributed by atoms with van der Waals surface area (Å²) in [4.78, 5) is 13.0. The van der Waals surface area contributed by atoms with Crippen molar-refractivity contribution in [3.05, 3.63) is 60.4 Å². The first-order valence-corrected chi connectivity index (χ1v) is 10.8. The Balaban J connectivity index is 1.55. The Labute approximate surface area is 191 Å². The molecule has 0 aliphatic rings. The maximum atomic E-state index is 13.0. The molecule has 0 saturated heterocycles. The zero-order valence-corrected chi connectivity index (χ0v) is 18.7. The lowest BCUT2D eigenvalue weighted by molar-refractivity contribution is 0.102. The first-order chi connectivity index (χ1) is 16.1. The summed E-state index contributed by atoms with van der Waals surface area (Å²) in [7, 11) is 0. The topological polar surface area (TPSA) is 99.9 Å². The molecule has 9 heteroatoms. The zero-order valence-electron chi connectivity index (χ0n) is 18.7. The van der Waals surface area contributed by atoms with Crippen molar-refractivity contribution in [1.82, 2.24) is 19.8 Å². The van der Waals surface area contributed by atoms with Crippen molar-refractivity contribution < 1.29 is 19.0 Å². The standard InChI is InChI=1S/C24H25N5O4/c1-4-31-20-13-17(14-21(32-5-2)23(20)33-6-3)24(30)26-18-9-7-16(8-10-18)19-11-12-22-27-25-15-29(22)28-19/h7-15H,4-6H2,1-3H3,(H,26,30). The molecule has 9 nitrogen and oxygen atoms in total. The average Bonchev–Trinajstić information content (AvgIpc) is 3.30. The molecular weight excluding hydrogens is 422 g/mol. The summed E-state index contributed by atoms with van der Waals surface area (Å²) >= 11 is 0. The van der Waals surface area contributed by atoms with Crippen LogP contribution in [-0.2, 0) is 0 Å². The number of benzene rings is 2. The second-order valence-electron chi connectivity index (χ2n) is 6.98. The number of nitrogens with one attached hydrogen (secondary N) is 1. The van der Waals surface area contributed by atoms with Crippen LogP contribution in [0.15, 0.2) is 54.9 Å². The third-order valence-electron chi connectivity index (χ3n) is 4.77. The van der Waals surface area contributed by atoms with Gasteiger partial charge in [-0.1, -0.05) is 12.1 Å². The molecular formula is C24H25N5O4. The van der Waals surface area contributed by atoms with Gasteiger partial charge in [-0.05, 0) is 57.2 Å². The molecule has 0 fully saturated rings. The van der Waals surface area contributed by atoms with Crippen molar-refractivity contribution in [3.63, 3.8) is 0 Å². The van der Waals surface area contributed by atoms with E-state index >= 15 is 0 Å². The summed E-state index contributed by atoms with van der Waals surface area (Å²) in [6.07, 6.45) is 1.55. The van der Waals surface area contributed by atoms with Crippen molar-refractivity contribution in [2.45, 2.75) is 20.8 Å². The Bertz CT molecular complexity index is 1230. The molecule has 4 rings (SSSR count). The summed E-state index contributed by atoms with van der Waals surface area (Å²) in [5, 5.41) is 15.2. The number of amides is 1. The maximum Gasteiger partial charge on any atom is 0.255 e. The van der Waals surface area contributed by atoms with Crippen LogP contribution < -0.4 is 19.5 Å². The molecule has 0 aliphatic carbocycles. The highest BCUT2D eigenvalue weighted by molar-refractivity contribution is 6.05. The number of fused-ring (bicyclic) bond motifs is 1. The molecule has 2 aromatic heterocycles. The van der Waals surface area contributed by atoms with Crippen molar-refractivity contribution >= 4 is 17.2 Å². The number of aromatic nitrogens is 4. The van der Waals surface area contributed by atoms with Gasteiger partial charge in [-0.3, -0.25) is 4.79 Å². The third-order valence-corrected chi connectivity index (χ3v) is 4.77. The van der Waals surface area contributed by atoms with Gasteiger partial charge in [-0.25, -0.2) is 0 Å². The predicted molar refractivity (Wildman–Crippen MR) is 124 cm³/mol. The summed E-state index contributed by atoms with van der Waals surface area (Å²) in [5.41, 5.74) is 3.42. The number of nitrogens with zero attached hydrogens (tertiary/aromatic N) is 4. The molecule has 1 N–H and O–H groups in total. The van der Waals surface area contributed by atoms with Gasteiger partial charge in [0, 0.05) is 16.8 Å². The van der Waals surface area contributed by atoms with Crippen LogP contribution >= 0.6 is 0 Å². The average molecular weight is 447 g/mol. The van der Waals surface area contributed by atoms with E-state index in [0.717, 1.165) is 11.3 Å². The van der Waals surface area contributed by atoms with E-state index in [2.05, 4.69) is 20.6 Å². The summed E-state index contributed by atoms with van der Waals surface area (Å²) in [5.74, 6) is 1.17. The molecule has 0 spiro atoms. The van der Waals surface area contributed by atoms with Gasteiger partial charge in [0.25, 0.3) is 5.91 Å². The van der Waals surface area contributed by atoms with Crippen LogP contribution in [0, 0.1) is 0 Å². The summed E-state index contributed by atoms with van der Waals surface area (Å²) < 4.78 is 18.7. The lowest BCUT2D eigenvalue weighted by Gasteiger charge is -2.17. The third kappa shape index (κ3) is 4.87. The molecule has 0 aliphatic heterocycles. The smallest absolute Gasteiger partial charge is 0.255 e. The van der Waals surface area contributed by atoms with Crippen molar-refractivity contribution in [2.24, 2.45) is 0 Å². The Morgan fingerprint density at radius 2 is 1.58 bits per heavy atom.